The van der Waals surface area contributed by atoms with E-state index in [1.54, 1.807) is 24.3 Å². The molecule has 0 fully saturated rings. The van der Waals surface area contributed by atoms with Gasteiger partial charge in [-0.05, 0) is 18.2 Å². The van der Waals surface area contributed by atoms with Gasteiger partial charge < -0.3 is 16.5 Å². The van der Waals surface area contributed by atoms with E-state index in [9.17, 15) is 14.4 Å². The second-order valence-corrected chi connectivity index (χ2v) is 5.38. The summed E-state index contributed by atoms with van der Waals surface area (Å²) in [6, 6.07) is 6.73. The van der Waals surface area contributed by atoms with Crippen molar-refractivity contribution in [3.05, 3.63) is 40.8 Å². The van der Waals surface area contributed by atoms with E-state index in [0.717, 1.165) is 22.6 Å². The number of carbonyl (C=O) groups excluding carboxylic acids is 2. The van der Waals surface area contributed by atoms with E-state index in [0.29, 0.717) is 11.4 Å². The molecule has 0 atom stereocenters. The van der Waals surface area contributed by atoms with Gasteiger partial charge in [0.2, 0.25) is 17.0 Å². The average molecular weight is 334 g/mol. The lowest BCUT2D eigenvalue weighted by Crippen LogP contribution is -2.30. The smallest absolute Gasteiger partial charge is 0.291 e. The Kier molecular flexibility index (Phi) is 5.31. The maximum atomic E-state index is 11.9. The van der Waals surface area contributed by atoms with Crippen molar-refractivity contribution in [3.8, 4) is 0 Å². The number of nitrogens with two attached hydrogens (primary N) is 1. The largest absolute Gasteiger partial charge is 0.334 e. The molecule has 0 bridgehead atoms. The first-order valence-corrected chi connectivity index (χ1v) is 7.44. The van der Waals surface area contributed by atoms with Crippen molar-refractivity contribution in [1.29, 1.82) is 0 Å². The van der Waals surface area contributed by atoms with E-state index in [2.05, 4.69) is 20.8 Å². The monoisotopic (exact) mass is 334 g/mol. The van der Waals surface area contributed by atoms with Gasteiger partial charge in [-0.1, -0.05) is 17.8 Å². The van der Waals surface area contributed by atoms with Crippen molar-refractivity contribution in [2.45, 2.75) is 12.1 Å². The number of nitrogens with one attached hydrogen (secondary N) is 2. The first kappa shape index (κ1) is 16.5. The average Bonchev–Trinajstić information content (AvgIpc) is 2.48. The highest BCUT2D eigenvalue weighted by Gasteiger charge is 2.09. The third-order valence-electron chi connectivity index (χ3n) is 2.55. The van der Waals surface area contributed by atoms with E-state index in [1.807, 2.05) is 0 Å². The lowest BCUT2D eigenvalue weighted by atomic mass is 10.2. The van der Waals surface area contributed by atoms with Crippen LogP contribution in [-0.4, -0.2) is 32.4 Å². The van der Waals surface area contributed by atoms with Crippen molar-refractivity contribution in [1.82, 2.24) is 14.9 Å². The Hall–Kier alpha value is -2.88. The maximum absolute atomic E-state index is 11.9. The molecule has 0 spiro atoms. The van der Waals surface area contributed by atoms with Crippen molar-refractivity contribution in [2.75, 3.05) is 22.2 Å². The predicted octanol–water partition coefficient (Wildman–Crippen LogP) is 0.0413. The Morgan fingerprint density at radius 1 is 1.30 bits per heavy atom. The standard InChI is InChI=1S/C13H14N6O3S/c1-8(20)16-9-3-2-4-10(5-9)17-11(21)7-23-13-18-15-6-12(22)19(13)14/h2-6H,7,14H2,1H3,(H,16,20)(H,17,21). The fourth-order valence-corrected chi connectivity index (χ4v) is 2.30. The van der Waals surface area contributed by atoms with Crippen molar-refractivity contribution in [2.24, 2.45) is 0 Å². The van der Waals surface area contributed by atoms with Crippen LogP contribution in [0.1, 0.15) is 6.92 Å². The Bertz CT molecular complexity index is 791. The number of amides is 2. The molecule has 1 aromatic heterocycles. The predicted molar refractivity (Wildman–Crippen MR) is 86.5 cm³/mol. The zero-order valence-electron chi connectivity index (χ0n) is 12.1. The third kappa shape index (κ3) is 4.81. The number of hydrogen-bond donors (Lipinski definition) is 3. The van der Waals surface area contributed by atoms with Gasteiger partial charge in [-0.15, -0.1) is 5.10 Å². The Morgan fingerprint density at radius 3 is 2.70 bits per heavy atom. The van der Waals surface area contributed by atoms with Crippen LogP contribution < -0.4 is 22.0 Å². The summed E-state index contributed by atoms with van der Waals surface area (Å²) in [7, 11) is 0. The molecule has 0 unspecified atom stereocenters. The summed E-state index contributed by atoms with van der Waals surface area (Å²) in [6.45, 7) is 1.40. The highest BCUT2D eigenvalue weighted by atomic mass is 32.2. The number of benzene rings is 1. The van der Waals surface area contributed by atoms with Crippen LogP contribution in [0.25, 0.3) is 0 Å². The summed E-state index contributed by atoms with van der Waals surface area (Å²) in [5, 5.41) is 12.6. The van der Waals surface area contributed by atoms with E-state index >= 15 is 0 Å². The highest BCUT2D eigenvalue weighted by Crippen LogP contribution is 2.16. The van der Waals surface area contributed by atoms with E-state index in [1.165, 1.54) is 6.92 Å². The van der Waals surface area contributed by atoms with Crippen LogP contribution in [0, 0.1) is 0 Å². The van der Waals surface area contributed by atoms with Gasteiger partial charge in [0.1, 0.15) is 6.20 Å². The number of carbonyl (C=O) groups is 2. The van der Waals surface area contributed by atoms with Gasteiger partial charge in [0.05, 0.1) is 5.75 Å². The minimum Gasteiger partial charge on any atom is -0.334 e. The number of nitrogens with zero attached hydrogens (tertiary/aromatic N) is 3. The summed E-state index contributed by atoms with van der Waals surface area (Å²) in [5.41, 5.74) is 0.602. The molecule has 1 aromatic carbocycles. The van der Waals surface area contributed by atoms with E-state index in [-0.39, 0.29) is 22.7 Å². The molecule has 0 radical (unpaired) electrons. The van der Waals surface area contributed by atoms with Gasteiger partial charge >= 0.3 is 0 Å². The summed E-state index contributed by atoms with van der Waals surface area (Å²) in [6.07, 6.45) is 0.984. The molecular weight excluding hydrogens is 320 g/mol. The molecule has 0 aliphatic carbocycles. The second-order valence-electron chi connectivity index (χ2n) is 4.43. The molecule has 0 aliphatic rings. The molecule has 4 N–H and O–H groups in total. The molecule has 23 heavy (non-hydrogen) atoms. The highest BCUT2D eigenvalue weighted by molar-refractivity contribution is 7.99. The van der Waals surface area contributed by atoms with Crippen molar-refractivity contribution < 1.29 is 9.59 Å². The Labute approximate surface area is 135 Å². The number of nitrogen functional groups attached to an aromatic ring is 1. The van der Waals surface area contributed by atoms with Gasteiger partial charge in [0.15, 0.2) is 0 Å². The zero-order valence-corrected chi connectivity index (χ0v) is 13.0. The molecule has 2 amide bonds. The second kappa shape index (κ2) is 7.40. The maximum Gasteiger partial charge on any atom is 0.291 e. The van der Waals surface area contributed by atoms with Crippen LogP contribution in [0.4, 0.5) is 11.4 Å². The lowest BCUT2D eigenvalue weighted by Gasteiger charge is -2.08. The van der Waals surface area contributed by atoms with Crippen molar-refractivity contribution in [3.63, 3.8) is 0 Å². The van der Waals surface area contributed by atoms with E-state index < -0.39 is 5.56 Å². The Morgan fingerprint density at radius 2 is 2.00 bits per heavy atom. The van der Waals surface area contributed by atoms with Gasteiger partial charge in [-0.3, -0.25) is 14.4 Å². The van der Waals surface area contributed by atoms with E-state index in [4.69, 9.17) is 5.84 Å². The zero-order chi connectivity index (χ0) is 16.8. The molecule has 9 nitrogen and oxygen atoms in total. The van der Waals surface area contributed by atoms with Gasteiger partial charge in [-0.25, -0.2) is 0 Å². The molecule has 120 valence electrons. The molecule has 0 saturated heterocycles. The van der Waals surface area contributed by atoms with Gasteiger partial charge in [-0.2, -0.15) is 9.77 Å². The summed E-state index contributed by atoms with van der Waals surface area (Å²) in [5.74, 6) is 4.98. The molecule has 2 aromatic rings. The number of thioether (sulfide) groups is 1. The van der Waals surface area contributed by atoms with Crippen LogP contribution in [0.5, 0.6) is 0 Å². The molecular formula is C13H14N6O3S. The number of hydrogen-bond acceptors (Lipinski definition) is 7. The number of aromatic nitrogens is 3. The minimum atomic E-state index is -0.508. The quantitative estimate of drug-likeness (QED) is 0.519. The Balaban J connectivity index is 1.96. The molecule has 0 saturated carbocycles. The fraction of sp³-hybridized carbons (Fsp3) is 0.154. The summed E-state index contributed by atoms with van der Waals surface area (Å²) < 4.78 is 0.822. The molecule has 10 heteroatoms. The molecule has 0 aliphatic heterocycles. The minimum absolute atomic E-state index is 0.000300. The van der Waals surface area contributed by atoms with Crippen LogP contribution in [-0.2, 0) is 9.59 Å². The van der Waals surface area contributed by atoms with Gasteiger partial charge in [0.25, 0.3) is 5.56 Å². The van der Waals surface area contributed by atoms with Crippen LogP contribution >= 0.6 is 11.8 Å². The van der Waals surface area contributed by atoms with Crippen LogP contribution in [0.3, 0.4) is 0 Å². The third-order valence-corrected chi connectivity index (χ3v) is 3.50. The summed E-state index contributed by atoms with van der Waals surface area (Å²) >= 11 is 0.986. The number of rotatable bonds is 5. The topological polar surface area (TPSA) is 132 Å². The summed E-state index contributed by atoms with van der Waals surface area (Å²) in [4.78, 5) is 34.2. The van der Waals surface area contributed by atoms with Crippen LogP contribution in [0.2, 0.25) is 0 Å². The van der Waals surface area contributed by atoms with Crippen molar-refractivity contribution >= 4 is 35.0 Å². The molecule has 1 heterocycles. The fourth-order valence-electron chi connectivity index (χ4n) is 1.64. The first-order valence-electron chi connectivity index (χ1n) is 6.46. The molecule has 2 rings (SSSR count). The van der Waals surface area contributed by atoms with Gasteiger partial charge in [0, 0.05) is 18.3 Å². The SMILES string of the molecule is CC(=O)Nc1cccc(NC(=O)CSc2nncc(=O)n2N)c1. The van der Waals surface area contributed by atoms with Crippen LogP contribution in [0.15, 0.2) is 40.4 Å². The number of anilines is 2. The normalized spacial score (nSPS) is 10.1. The lowest BCUT2D eigenvalue weighted by molar-refractivity contribution is -0.114. The first-order chi connectivity index (χ1) is 11.0.